The van der Waals surface area contributed by atoms with Gasteiger partial charge in [0.25, 0.3) is 5.91 Å². The van der Waals surface area contributed by atoms with Crippen LogP contribution in [0.5, 0.6) is 0 Å². The fourth-order valence-corrected chi connectivity index (χ4v) is 1.39. The molecule has 0 bridgehead atoms. The van der Waals surface area contributed by atoms with Gasteiger partial charge in [-0.15, -0.1) is 0 Å². The van der Waals surface area contributed by atoms with Crippen LogP contribution in [0.15, 0.2) is 34.9 Å². The summed E-state index contributed by atoms with van der Waals surface area (Å²) in [6.07, 6.45) is 1.42. The van der Waals surface area contributed by atoms with Gasteiger partial charge in [-0.25, -0.2) is 4.98 Å². The average Bonchev–Trinajstić information content (AvgIpc) is 2.78. The van der Waals surface area contributed by atoms with Crippen molar-refractivity contribution in [1.82, 2.24) is 4.98 Å². The van der Waals surface area contributed by atoms with E-state index in [0.717, 1.165) is 6.07 Å². The van der Waals surface area contributed by atoms with E-state index in [9.17, 15) is 14.9 Å². The number of carbonyl (C=O) groups excluding carboxylic acids is 1. The van der Waals surface area contributed by atoms with Crippen LogP contribution in [0, 0.1) is 10.1 Å². The Bertz CT molecular complexity index is 611. The first-order valence-corrected chi connectivity index (χ1v) is 5.11. The zero-order valence-corrected chi connectivity index (χ0v) is 9.55. The SMILES string of the molecule is O=C(Nc1ccnc(Cl)c1)c1ccc([N+](=O)[O-])o1. The van der Waals surface area contributed by atoms with E-state index in [4.69, 9.17) is 16.0 Å². The molecule has 8 heteroatoms. The van der Waals surface area contributed by atoms with Crippen molar-refractivity contribution in [3.8, 4) is 0 Å². The molecule has 0 spiro atoms. The summed E-state index contributed by atoms with van der Waals surface area (Å²) in [7, 11) is 0. The van der Waals surface area contributed by atoms with Gasteiger partial charge in [0.2, 0.25) is 0 Å². The zero-order valence-electron chi connectivity index (χ0n) is 8.79. The smallest absolute Gasteiger partial charge is 0.395 e. The van der Waals surface area contributed by atoms with Crippen LogP contribution in [0.2, 0.25) is 5.15 Å². The molecule has 0 aliphatic carbocycles. The molecule has 0 atom stereocenters. The Kier molecular flexibility index (Phi) is 3.24. The Balaban J connectivity index is 2.14. The van der Waals surface area contributed by atoms with Crippen LogP contribution >= 0.6 is 11.6 Å². The van der Waals surface area contributed by atoms with Crippen molar-refractivity contribution >= 4 is 29.1 Å². The van der Waals surface area contributed by atoms with E-state index in [1.165, 1.54) is 24.4 Å². The molecule has 2 aromatic rings. The van der Waals surface area contributed by atoms with Crippen LogP contribution in [0.3, 0.4) is 0 Å². The number of hydrogen-bond donors (Lipinski definition) is 1. The molecule has 0 aromatic carbocycles. The molecule has 7 nitrogen and oxygen atoms in total. The molecule has 0 saturated carbocycles. The fraction of sp³-hybridized carbons (Fsp3) is 0. The second kappa shape index (κ2) is 4.84. The second-order valence-corrected chi connectivity index (χ2v) is 3.60. The van der Waals surface area contributed by atoms with Gasteiger partial charge >= 0.3 is 5.88 Å². The highest BCUT2D eigenvalue weighted by atomic mass is 35.5. The summed E-state index contributed by atoms with van der Waals surface area (Å²) < 4.78 is 4.75. The average molecular weight is 268 g/mol. The molecule has 2 rings (SSSR count). The monoisotopic (exact) mass is 267 g/mol. The highest BCUT2D eigenvalue weighted by Crippen LogP contribution is 2.18. The summed E-state index contributed by atoms with van der Waals surface area (Å²) in [5.41, 5.74) is 0.416. The summed E-state index contributed by atoms with van der Waals surface area (Å²) >= 11 is 5.64. The van der Waals surface area contributed by atoms with Crippen molar-refractivity contribution in [2.75, 3.05) is 5.32 Å². The van der Waals surface area contributed by atoms with Crippen molar-refractivity contribution in [1.29, 1.82) is 0 Å². The molecule has 0 unspecified atom stereocenters. The minimum atomic E-state index is -0.722. The van der Waals surface area contributed by atoms with Crippen LogP contribution in [0.4, 0.5) is 11.6 Å². The number of halogens is 1. The fourth-order valence-electron chi connectivity index (χ4n) is 1.22. The van der Waals surface area contributed by atoms with Crippen LogP contribution < -0.4 is 5.32 Å². The van der Waals surface area contributed by atoms with Gasteiger partial charge in [-0.1, -0.05) is 11.6 Å². The highest BCUT2D eigenvalue weighted by molar-refractivity contribution is 6.29. The quantitative estimate of drug-likeness (QED) is 0.523. The van der Waals surface area contributed by atoms with E-state index in [-0.39, 0.29) is 10.9 Å². The molecule has 2 heterocycles. The predicted molar refractivity (Wildman–Crippen MR) is 62.6 cm³/mol. The molecule has 18 heavy (non-hydrogen) atoms. The van der Waals surface area contributed by atoms with Crippen molar-refractivity contribution < 1.29 is 14.1 Å². The number of nitro groups is 1. The molecule has 0 fully saturated rings. The molecule has 0 saturated heterocycles. The number of nitrogens with zero attached hydrogens (tertiary/aromatic N) is 2. The topological polar surface area (TPSA) is 98.3 Å². The third kappa shape index (κ3) is 2.64. The van der Waals surface area contributed by atoms with E-state index >= 15 is 0 Å². The number of furan rings is 1. The van der Waals surface area contributed by atoms with Crippen molar-refractivity contribution in [3.63, 3.8) is 0 Å². The molecule has 0 aliphatic rings. The lowest BCUT2D eigenvalue weighted by Crippen LogP contribution is -2.10. The van der Waals surface area contributed by atoms with Gasteiger partial charge < -0.3 is 9.73 Å². The van der Waals surface area contributed by atoms with Crippen LogP contribution in [0.1, 0.15) is 10.6 Å². The van der Waals surface area contributed by atoms with E-state index in [2.05, 4.69) is 10.3 Å². The van der Waals surface area contributed by atoms with Gasteiger partial charge in [0.05, 0.1) is 6.07 Å². The molecule has 1 amide bonds. The number of rotatable bonds is 3. The Labute approximate surface area is 106 Å². The third-order valence-electron chi connectivity index (χ3n) is 1.98. The minimum Gasteiger partial charge on any atom is -0.395 e. The number of amides is 1. The van der Waals surface area contributed by atoms with Gasteiger partial charge in [0.1, 0.15) is 10.1 Å². The van der Waals surface area contributed by atoms with Gasteiger partial charge in [0, 0.05) is 11.9 Å². The highest BCUT2D eigenvalue weighted by Gasteiger charge is 2.17. The normalized spacial score (nSPS) is 10.1. The summed E-state index contributed by atoms with van der Waals surface area (Å²) in [4.78, 5) is 25.1. The largest absolute Gasteiger partial charge is 0.433 e. The molecule has 0 radical (unpaired) electrons. The lowest BCUT2D eigenvalue weighted by Gasteiger charge is -2.02. The van der Waals surface area contributed by atoms with Gasteiger partial charge in [0.15, 0.2) is 5.76 Å². The third-order valence-corrected chi connectivity index (χ3v) is 2.19. The maximum Gasteiger partial charge on any atom is 0.433 e. The Morgan fingerprint density at radius 2 is 2.22 bits per heavy atom. The first kappa shape index (κ1) is 12.1. The first-order valence-electron chi connectivity index (χ1n) is 4.73. The maximum absolute atomic E-state index is 11.7. The summed E-state index contributed by atoms with van der Waals surface area (Å²) in [6.45, 7) is 0. The van der Waals surface area contributed by atoms with Crippen molar-refractivity contribution in [2.45, 2.75) is 0 Å². The van der Waals surface area contributed by atoms with Gasteiger partial charge in [-0.2, -0.15) is 0 Å². The van der Waals surface area contributed by atoms with E-state index in [0.29, 0.717) is 5.69 Å². The number of nitrogens with one attached hydrogen (secondary N) is 1. The molecule has 1 N–H and O–H groups in total. The molecule has 2 aromatic heterocycles. The lowest BCUT2D eigenvalue weighted by molar-refractivity contribution is -0.402. The zero-order chi connectivity index (χ0) is 13.1. The first-order chi connectivity index (χ1) is 8.56. The number of carbonyl (C=O) groups is 1. The summed E-state index contributed by atoms with van der Waals surface area (Å²) in [5.74, 6) is -1.26. The Morgan fingerprint density at radius 1 is 1.44 bits per heavy atom. The van der Waals surface area contributed by atoms with E-state index in [1.807, 2.05) is 0 Å². The molecular formula is C10H6ClN3O4. The number of pyridine rings is 1. The van der Waals surface area contributed by atoms with Gasteiger partial charge in [-0.3, -0.25) is 14.9 Å². The minimum absolute atomic E-state index is 0.158. The van der Waals surface area contributed by atoms with Crippen LogP contribution in [-0.2, 0) is 0 Å². The lowest BCUT2D eigenvalue weighted by atomic mass is 10.3. The number of anilines is 1. The Morgan fingerprint density at radius 3 is 2.83 bits per heavy atom. The van der Waals surface area contributed by atoms with Crippen molar-refractivity contribution in [3.05, 3.63) is 51.5 Å². The van der Waals surface area contributed by atoms with E-state index in [1.54, 1.807) is 0 Å². The molecular weight excluding hydrogens is 262 g/mol. The maximum atomic E-state index is 11.7. The Hall–Kier alpha value is -2.41. The van der Waals surface area contributed by atoms with Gasteiger partial charge in [-0.05, 0) is 18.2 Å². The second-order valence-electron chi connectivity index (χ2n) is 3.22. The van der Waals surface area contributed by atoms with Crippen LogP contribution in [-0.4, -0.2) is 15.8 Å². The summed E-state index contributed by atoms with van der Waals surface area (Å²) in [5, 5.41) is 13.1. The van der Waals surface area contributed by atoms with Crippen LogP contribution in [0.25, 0.3) is 0 Å². The summed E-state index contributed by atoms with van der Waals surface area (Å²) in [6, 6.07) is 5.29. The van der Waals surface area contributed by atoms with E-state index < -0.39 is 16.7 Å². The predicted octanol–water partition coefficient (Wildman–Crippen LogP) is 2.49. The van der Waals surface area contributed by atoms with Crippen molar-refractivity contribution in [2.24, 2.45) is 0 Å². The number of aromatic nitrogens is 1. The molecule has 0 aliphatic heterocycles. The standard InChI is InChI=1S/C10H6ClN3O4/c11-8-5-6(3-4-12-8)13-10(15)7-1-2-9(18-7)14(16)17/h1-5H,(H,12,13,15). The number of hydrogen-bond acceptors (Lipinski definition) is 5. The molecule has 92 valence electrons.